The van der Waals surface area contributed by atoms with Crippen LogP contribution >= 0.6 is 46.4 Å². The number of carbonyl (C=O) groups is 4. The van der Waals surface area contributed by atoms with Crippen molar-refractivity contribution in [2.75, 3.05) is 105 Å². The zero-order chi connectivity index (χ0) is 71.9. The molecule has 30 heteroatoms. The largest absolute Gasteiger partial charge is 0.484 e. The number of fused-ring (bicyclic) bond motifs is 2. The van der Waals surface area contributed by atoms with E-state index < -0.39 is 45.4 Å². The summed E-state index contributed by atoms with van der Waals surface area (Å²) in [6.45, 7) is 21.6. The molecule has 3 unspecified atom stereocenters. The lowest BCUT2D eigenvalue weighted by Crippen LogP contribution is -2.53. The third-order valence-electron chi connectivity index (χ3n) is 16.7. The molecule has 554 valence electrons. The summed E-state index contributed by atoms with van der Waals surface area (Å²) in [6.07, 6.45) is 4.45. The highest BCUT2D eigenvalue weighted by Crippen LogP contribution is 2.45. The third kappa shape index (κ3) is 26.4. The lowest BCUT2D eigenvalue weighted by Gasteiger charge is -2.39. The Balaban J connectivity index is 0.601. The molecule has 4 aliphatic rings. The van der Waals surface area contributed by atoms with Gasteiger partial charge in [-0.05, 0) is 204 Å². The Hall–Kier alpha value is -5.30. The van der Waals surface area contributed by atoms with Crippen LogP contribution in [0, 0.1) is 0 Å². The van der Waals surface area contributed by atoms with E-state index in [0.29, 0.717) is 159 Å². The van der Waals surface area contributed by atoms with Gasteiger partial charge in [0.15, 0.2) is 0 Å². The van der Waals surface area contributed by atoms with Crippen molar-refractivity contribution in [2.45, 2.75) is 176 Å². The first-order valence-corrected chi connectivity index (χ1v) is 38.2. The Morgan fingerprint density at radius 3 is 1.27 bits per heavy atom. The summed E-state index contributed by atoms with van der Waals surface area (Å²) in [5.74, 6) is 1.20. The molecule has 24 nitrogen and oxygen atoms in total. The van der Waals surface area contributed by atoms with Gasteiger partial charge in [0.25, 0.3) is 0 Å². The Morgan fingerprint density at radius 1 is 0.520 bits per heavy atom. The monoisotopic (exact) mass is 1510 g/mol. The Labute approximate surface area is 613 Å². The number of piperidine rings is 2. The molecule has 8 rings (SSSR count). The first-order chi connectivity index (χ1) is 47.7. The van der Waals surface area contributed by atoms with Crippen LogP contribution in [0.15, 0.2) is 82.6 Å². The van der Waals surface area contributed by atoms with E-state index in [9.17, 15) is 27.6 Å². The maximum atomic E-state index is 13.3. The molecule has 2 saturated heterocycles. The summed E-state index contributed by atoms with van der Waals surface area (Å²) in [5, 5.41) is 19.4. The van der Waals surface area contributed by atoms with E-state index in [2.05, 4.69) is 51.1 Å². The summed E-state index contributed by atoms with van der Waals surface area (Å²) in [5.41, 5.74) is 2.62. The number of benzene rings is 4. The molecular weight excluding hydrogens is 1410 g/mol. The van der Waals surface area contributed by atoms with Gasteiger partial charge in [0, 0.05) is 94.7 Å². The van der Waals surface area contributed by atoms with E-state index in [1.165, 1.54) is 0 Å². The van der Waals surface area contributed by atoms with Crippen LogP contribution in [0.3, 0.4) is 0 Å². The number of amides is 6. The molecule has 0 saturated carbocycles. The Bertz CT molecular complexity index is 3140. The number of alkyl carbamates (subject to hydrolysis) is 2. The molecule has 100 heavy (non-hydrogen) atoms. The van der Waals surface area contributed by atoms with Gasteiger partial charge in [0.05, 0.1) is 74.7 Å². The SMILES string of the molecule is C[C@@H](COCCOCCNC(=O)NCCCCNC(=O)NCCOCCOC[C@H](C)NS(=O)c1ccc(O[C@H]2c3cc(Cl)cc(Cl)c3C[C@@H]2N2CCC[C@@H](NC(=O)OC(C)(C)C)C2)cc1)NS(=O)c1ccc(OC2c3cc(Cl)cc(Cl)c3C[C@@H]2N2CCC[C@@H](NC(=O)OC(C)(C)C)C2)cc1. The predicted molar refractivity (Wildman–Crippen MR) is 389 cm³/mol. The van der Waals surface area contributed by atoms with Crippen LogP contribution in [0.1, 0.15) is 128 Å². The lowest BCUT2D eigenvalue weighted by molar-refractivity contribution is 0.0353. The number of unbranched alkanes of at least 4 members (excludes halogenated alkanes) is 1. The van der Waals surface area contributed by atoms with Crippen molar-refractivity contribution in [1.29, 1.82) is 0 Å². The molecule has 0 spiro atoms. The number of hydrogen-bond acceptors (Lipinski definition) is 16. The average Bonchev–Trinajstić information content (AvgIpc) is 1.63. The fourth-order valence-corrected chi connectivity index (χ4v) is 15.4. The van der Waals surface area contributed by atoms with Crippen molar-refractivity contribution < 1.29 is 65.5 Å². The molecule has 0 aromatic heterocycles. The summed E-state index contributed by atoms with van der Waals surface area (Å²) in [6, 6.07) is 20.2. The highest BCUT2D eigenvalue weighted by molar-refractivity contribution is 7.83. The zero-order valence-electron chi connectivity index (χ0n) is 58.5. The van der Waals surface area contributed by atoms with E-state index in [-0.39, 0.29) is 60.5 Å². The Morgan fingerprint density at radius 2 is 0.890 bits per heavy atom. The van der Waals surface area contributed by atoms with Gasteiger partial charge in [-0.1, -0.05) is 46.4 Å². The summed E-state index contributed by atoms with van der Waals surface area (Å²) in [7, 11) is -3.05. The summed E-state index contributed by atoms with van der Waals surface area (Å²) < 4.78 is 80.0. The highest BCUT2D eigenvalue weighted by atomic mass is 35.5. The number of likely N-dealkylation sites (tertiary alicyclic amines) is 2. The lowest BCUT2D eigenvalue weighted by atomic mass is 10.0. The van der Waals surface area contributed by atoms with Crippen LogP contribution < -0.4 is 50.8 Å². The zero-order valence-corrected chi connectivity index (χ0v) is 63.1. The maximum absolute atomic E-state index is 13.3. The number of nitrogens with zero attached hydrogens (tertiary/aromatic N) is 2. The van der Waals surface area contributed by atoms with Gasteiger partial charge in [-0.3, -0.25) is 9.80 Å². The van der Waals surface area contributed by atoms with Crippen LogP contribution in [0.2, 0.25) is 20.1 Å². The van der Waals surface area contributed by atoms with E-state index in [0.717, 1.165) is 61.0 Å². The average molecular weight is 1510 g/mol. The maximum Gasteiger partial charge on any atom is 0.407 e. The molecule has 6 amide bonds. The van der Waals surface area contributed by atoms with Gasteiger partial charge < -0.3 is 69.8 Å². The first-order valence-electron chi connectivity index (χ1n) is 34.4. The van der Waals surface area contributed by atoms with E-state index in [1.54, 1.807) is 60.7 Å². The number of halogens is 4. The second-order valence-corrected chi connectivity index (χ2v) is 31.6. The molecule has 4 aromatic rings. The minimum atomic E-state index is -1.52. The van der Waals surface area contributed by atoms with Crippen molar-refractivity contribution in [3.05, 3.63) is 115 Å². The third-order valence-corrected chi connectivity index (χ3v) is 20.5. The van der Waals surface area contributed by atoms with Crippen LogP contribution in [0.25, 0.3) is 0 Å². The second kappa shape index (κ2) is 39.5. The minimum Gasteiger partial charge on any atom is -0.484 e. The molecule has 2 aliphatic carbocycles. The van der Waals surface area contributed by atoms with Crippen LogP contribution in [0.4, 0.5) is 19.2 Å². The van der Waals surface area contributed by atoms with Crippen molar-refractivity contribution in [3.63, 3.8) is 0 Å². The number of hydrogen-bond donors (Lipinski definition) is 8. The number of nitrogens with one attached hydrogen (secondary N) is 8. The molecule has 8 N–H and O–H groups in total. The van der Waals surface area contributed by atoms with Crippen molar-refractivity contribution >= 4 is 92.6 Å². The molecule has 4 aromatic carbocycles. The van der Waals surface area contributed by atoms with Gasteiger partial charge in [-0.15, -0.1) is 0 Å². The molecule has 2 aliphatic heterocycles. The molecule has 0 bridgehead atoms. The molecular formula is C70H100Cl4N10O14S2. The Kier molecular flexibility index (Phi) is 31.8. The highest BCUT2D eigenvalue weighted by Gasteiger charge is 2.43. The number of urea groups is 2. The van der Waals surface area contributed by atoms with Crippen molar-refractivity contribution in [3.8, 4) is 11.5 Å². The van der Waals surface area contributed by atoms with Gasteiger partial charge in [0.1, 0.15) is 56.9 Å². The standard InChI is InChI=1S/C70H100Cl4N10O14S2/c1-45(81-99(89)53-19-15-51(16-20-53)95-63-57-35-47(71)37-59(73)55(57)39-61(63)83-27-11-13-49(41-83)79-67(87)97-69(3,4)5)43-93-33-31-91-29-25-77-65(85)75-23-9-10-24-76-66(86)78-26-30-92-32-34-94-44-46(2)82-100(90)54-21-17-52(18-22-54)96-64-58-36-48(72)38-60(74)56(58)40-62(64)84-28-12-14-50(42-84)80-68(88)98-70(6,7)8/h15-22,35-38,45-46,49-50,61-64,81-82H,9-14,23-34,39-44H2,1-8H3,(H,79,87)(H,80,88)(H2,75,77,85)(H2,76,78,86)/t45-,46-,49+,50+,61-,62-,63-,64?,99?,100?/m0/s1. The van der Waals surface area contributed by atoms with Crippen molar-refractivity contribution in [1.82, 2.24) is 51.1 Å². The molecule has 0 radical (unpaired) electrons. The predicted octanol–water partition coefficient (Wildman–Crippen LogP) is 10.5. The molecule has 10 atom stereocenters. The summed E-state index contributed by atoms with van der Waals surface area (Å²) >= 11 is 26.5. The van der Waals surface area contributed by atoms with Crippen molar-refractivity contribution in [2.24, 2.45) is 0 Å². The van der Waals surface area contributed by atoms with Crippen LogP contribution in [-0.2, 0) is 63.2 Å². The van der Waals surface area contributed by atoms with Crippen LogP contribution in [0.5, 0.6) is 11.5 Å². The van der Waals surface area contributed by atoms with Crippen LogP contribution in [-0.4, -0.2) is 195 Å². The fraction of sp³-hybridized carbons (Fsp3) is 0.600. The van der Waals surface area contributed by atoms with E-state index >= 15 is 0 Å². The number of ether oxygens (including phenoxy) is 8. The van der Waals surface area contributed by atoms with E-state index in [1.807, 2.05) is 67.5 Å². The van der Waals surface area contributed by atoms with Gasteiger partial charge in [-0.25, -0.2) is 37.0 Å². The first kappa shape index (κ1) is 80.4. The molecule has 2 heterocycles. The minimum absolute atomic E-state index is 0.0667. The smallest absolute Gasteiger partial charge is 0.407 e. The van der Waals surface area contributed by atoms with Gasteiger partial charge in [-0.2, -0.15) is 0 Å². The normalized spacial score (nSPS) is 20.6. The second-order valence-electron chi connectivity index (χ2n) is 27.5. The number of rotatable bonds is 35. The van der Waals surface area contributed by atoms with E-state index in [4.69, 9.17) is 84.3 Å². The fourth-order valence-electron chi connectivity index (χ4n) is 12.3. The summed E-state index contributed by atoms with van der Waals surface area (Å²) in [4.78, 5) is 55.7. The quantitative estimate of drug-likeness (QED) is 0.0199. The number of carbonyl (C=O) groups excluding carboxylic acids is 4. The molecule has 2 fully saturated rings. The van der Waals surface area contributed by atoms with Gasteiger partial charge >= 0.3 is 24.2 Å². The van der Waals surface area contributed by atoms with Gasteiger partial charge in [0.2, 0.25) is 0 Å². The topological polar surface area (TPSA) is 279 Å².